The van der Waals surface area contributed by atoms with Crippen LogP contribution in [-0.2, 0) is 9.53 Å². The topological polar surface area (TPSA) is 83.0 Å². The molecule has 0 saturated heterocycles. The molecule has 0 bridgehead atoms. The number of ether oxygens (including phenoxy) is 2. The van der Waals surface area contributed by atoms with E-state index in [4.69, 9.17) is 13.9 Å². The standard InChI is InChI=1S/C24H24N2O5S/c1-5-29-23(28)20-15(4)25-24-26(22(27)19(32-24)13-16-9-8-12-30-16)21(20)17-10-6-7-11-18(17)31-14(2)3/h6-14,21H,5H2,1-4H3/b19-13+/t21-/m0/s1. The Labute approximate surface area is 188 Å². The predicted molar refractivity (Wildman–Crippen MR) is 121 cm³/mol. The van der Waals surface area contributed by atoms with Crippen LogP contribution in [0.2, 0.25) is 0 Å². The molecule has 1 aromatic carbocycles. The van der Waals surface area contributed by atoms with Crippen LogP contribution in [0.3, 0.4) is 0 Å². The highest BCUT2D eigenvalue weighted by Gasteiger charge is 2.35. The third kappa shape index (κ3) is 4.05. The summed E-state index contributed by atoms with van der Waals surface area (Å²) in [4.78, 5) is 31.6. The molecule has 3 aromatic rings. The van der Waals surface area contributed by atoms with E-state index in [1.807, 2.05) is 38.1 Å². The number of hydrogen-bond donors (Lipinski definition) is 0. The van der Waals surface area contributed by atoms with Crippen LogP contribution in [0, 0.1) is 0 Å². The van der Waals surface area contributed by atoms with E-state index in [0.29, 0.717) is 37.7 Å². The third-order valence-corrected chi connectivity index (χ3v) is 5.89. The van der Waals surface area contributed by atoms with Gasteiger partial charge in [-0.25, -0.2) is 9.79 Å². The smallest absolute Gasteiger partial charge is 0.338 e. The second kappa shape index (κ2) is 9.00. The predicted octanol–water partition coefficient (Wildman–Crippen LogP) is 3.18. The van der Waals surface area contributed by atoms with Crippen LogP contribution in [0.25, 0.3) is 6.08 Å². The maximum Gasteiger partial charge on any atom is 0.338 e. The van der Waals surface area contributed by atoms with Crippen LogP contribution in [0.4, 0.5) is 0 Å². The first-order valence-electron chi connectivity index (χ1n) is 10.4. The zero-order chi connectivity index (χ0) is 22.8. The lowest BCUT2D eigenvalue weighted by Gasteiger charge is -2.26. The lowest BCUT2D eigenvalue weighted by Crippen LogP contribution is -2.40. The van der Waals surface area contributed by atoms with Crippen molar-refractivity contribution in [3.05, 3.63) is 84.9 Å². The molecule has 2 aromatic heterocycles. The van der Waals surface area contributed by atoms with Gasteiger partial charge in [0.15, 0.2) is 4.80 Å². The summed E-state index contributed by atoms with van der Waals surface area (Å²) in [6.07, 6.45) is 3.15. The first-order chi connectivity index (χ1) is 15.4. The average molecular weight is 453 g/mol. The van der Waals surface area contributed by atoms with Crippen molar-refractivity contribution < 1.29 is 18.7 Å². The lowest BCUT2D eigenvalue weighted by molar-refractivity contribution is -0.139. The summed E-state index contributed by atoms with van der Waals surface area (Å²) in [6.45, 7) is 7.58. The minimum atomic E-state index is -0.723. The van der Waals surface area contributed by atoms with Crippen molar-refractivity contribution in [2.45, 2.75) is 39.8 Å². The van der Waals surface area contributed by atoms with Crippen LogP contribution in [0.1, 0.15) is 45.1 Å². The Morgan fingerprint density at radius 1 is 1.28 bits per heavy atom. The highest BCUT2D eigenvalue weighted by atomic mass is 32.1. The molecule has 0 unspecified atom stereocenters. The molecule has 1 atom stereocenters. The largest absolute Gasteiger partial charge is 0.491 e. The number of carbonyl (C=O) groups is 1. The van der Waals surface area contributed by atoms with Crippen molar-refractivity contribution in [2.75, 3.05) is 6.61 Å². The summed E-state index contributed by atoms with van der Waals surface area (Å²) in [5.41, 5.74) is 1.27. The molecule has 166 valence electrons. The number of fused-ring (bicyclic) bond motifs is 1. The molecule has 0 radical (unpaired) electrons. The first-order valence-corrected chi connectivity index (χ1v) is 11.2. The number of allylic oxidation sites excluding steroid dienone is 1. The quantitative estimate of drug-likeness (QED) is 0.537. The molecule has 0 aliphatic carbocycles. The van der Waals surface area contributed by atoms with Crippen LogP contribution in [0.5, 0.6) is 5.75 Å². The number of para-hydroxylation sites is 1. The van der Waals surface area contributed by atoms with Crippen LogP contribution < -0.4 is 19.6 Å². The number of nitrogens with zero attached hydrogens (tertiary/aromatic N) is 2. The summed E-state index contributed by atoms with van der Waals surface area (Å²) in [6, 6.07) is 10.2. The summed E-state index contributed by atoms with van der Waals surface area (Å²) in [5, 5.41) is 0. The minimum absolute atomic E-state index is 0.0814. The Balaban J connectivity index is 1.99. The normalized spacial score (nSPS) is 16.2. The van der Waals surface area contributed by atoms with Gasteiger partial charge in [-0.15, -0.1) is 0 Å². The Morgan fingerprint density at radius 2 is 2.06 bits per heavy atom. The molecule has 32 heavy (non-hydrogen) atoms. The summed E-state index contributed by atoms with van der Waals surface area (Å²) >= 11 is 1.25. The molecule has 3 heterocycles. The van der Waals surface area contributed by atoms with E-state index < -0.39 is 12.0 Å². The van der Waals surface area contributed by atoms with E-state index in [1.165, 1.54) is 11.3 Å². The fourth-order valence-electron chi connectivity index (χ4n) is 3.66. The molecule has 0 spiro atoms. The van der Waals surface area contributed by atoms with Gasteiger partial charge in [0.1, 0.15) is 17.6 Å². The van der Waals surface area contributed by atoms with E-state index in [1.54, 1.807) is 42.9 Å². The molecule has 1 aliphatic rings. The maximum absolute atomic E-state index is 13.5. The molecule has 0 N–H and O–H groups in total. The Hall–Kier alpha value is -3.39. The first kappa shape index (κ1) is 21.8. The number of furan rings is 1. The number of esters is 1. The fraction of sp³-hybridized carbons (Fsp3) is 0.292. The van der Waals surface area contributed by atoms with Crippen LogP contribution in [0.15, 0.2) is 68.1 Å². The van der Waals surface area contributed by atoms with Crippen molar-refractivity contribution in [1.29, 1.82) is 0 Å². The third-order valence-electron chi connectivity index (χ3n) is 4.91. The molecular formula is C24H24N2O5S. The van der Waals surface area contributed by atoms with Crippen molar-refractivity contribution in [3.63, 3.8) is 0 Å². The summed E-state index contributed by atoms with van der Waals surface area (Å²) < 4.78 is 18.8. The SMILES string of the molecule is CCOC(=O)C1=C(C)N=c2s/c(=C/c3ccco3)c(=O)n2[C@H]1c1ccccc1OC(C)C. The monoisotopic (exact) mass is 452 g/mol. The second-order valence-electron chi connectivity index (χ2n) is 7.52. The highest BCUT2D eigenvalue weighted by molar-refractivity contribution is 7.07. The molecule has 1 aliphatic heterocycles. The molecule has 7 nitrogen and oxygen atoms in total. The Kier molecular flexibility index (Phi) is 6.14. The van der Waals surface area contributed by atoms with Gasteiger partial charge in [0.2, 0.25) is 0 Å². The summed E-state index contributed by atoms with van der Waals surface area (Å²) in [5.74, 6) is 0.666. The number of carbonyl (C=O) groups excluding carboxylic acids is 1. The zero-order valence-corrected chi connectivity index (χ0v) is 19.1. The van der Waals surface area contributed by atoms with Crippen LogP contribution in [-0.4, -0.2) is 23.2 Å². The Bertz CT molecular complexity index is 1350. The second-order valence-corrected chi connectivity index (χ2v) is 8.53. The average Bonchev–Trinajstić information content (AvgIpc) is 3.36. The molecule has 8 heteroatoms. The lowest BCUT2D eigenvalue weighted by atomic mass is 9.95. The zero-order valence-electron chi connectivity index (χ0n) is 18.3. The highest BCUT2D eigenvalue weighted by Crippen LogP contribution is 2.36. The molecule has 0 saturated carbocycles. The van der Waals surface area contributed by atoms with E-state index in [2.05, 4.69) is 4.99 Å². The van der Waals surface area contributed by atoms with Gasteiger partial charge in [-0.3, -0.25) is 9.36 Å². The van der Waals surface area contributed by atoms with E-state index in [9.17, 15) is 9.59 Å². The van der Waals surface area contributed by atoms with Gasteiger partial charge in [0.05, 0.1) is 34.8 Å². The number of hydrogen-bond acceptors (Lipinski definition) is 7. The number of aromatic nitrogens is 1. The Morgan fingerprint density at radius 3 is 2.75 bits per heavy atom. The number of benzene rings is 1. The van der Waals surface area contributed by atoms with E-state index in [-0.39, 0.29) is 18.3 Å². The van der Waals surface area contributed by atoms with Crippen molar-refractivity contribution >= 4 is 23.4 Å². The van der Waals surface area contributed by atoms with Crippen LogP contribution >= 0.6 is 11.3 Å². The molecule has 0 fully saturated rings. The maximum atomic E-state index is 13.5. The number of rotatable bonds is 6. The van der Waals surface area contributed by atoms with Gasteiger partial charge in [-0.05, 0) is 45.9 Å². The van der Waals surface area contributed by atoms with Gasteiger partial charge in [-0.1, -0.05) is 29.5 Å². The van der Waals surface area contributed by atoms with E-state index in [0.717, 1.165) is 0 Å². The van der Waals surface area contributed by atoms with E-state index >= 15 is 0 Å². The minimum Gasteiger partial charge on any atom is -0.491 e. The van der Waals surface area contributed by atoms with Gasteiger partial charge in [0.25, 0.3) is 5.56 Å². The van der Waals surface area contributed by atoms with Gasteiger partial charge < -0.3 is 13.9 Å². The molecule has 4 rings (SSSR count). The van der Waals surface area contributed by atoms with Gasteiger partial charge in [0, 0.05) is 11.6 Å². The molecular weight excluding hydrogens is 428 g/mol. The van der Waals surface area contributed by atoms with Crippen molar-refractivity contribution in [2.24, 2.45) is 4.99 Å². The fourth-order valence-corrected chi connectivity index (χ4v) is 4.68. The summed E-state index contributed by atoms with van der Waals surface area (Å²) in [7, 11) is 0. The molecule has 0 amide bonds. The van der Waals surface area contributed by atoms with Crippen molar-refractivity contribution in [3.8, 4) is 5.75 Å². The van der Waals surface area contributed by atoms with Gasteiger partial charge in [-0.2, -0.15) is 0 Å². The van der Waals surface area contributed by atoms with Gasteiger partial charge >= 0.3 is 5.97 Å². The van der Waals surface area contributed by atoms with Crippen molar-refractivity contribution in [1.82, 2.24) is 4.57 Å². The number of thiazole rings is 1.